The number of carbonyl (C=O) groups excluding carboxylic acids is 1. The molecule has 0 radical (unpaired) electrons. The van der Waals surface area contributed by atoms with Crippen LogP contribution in [0.5, 0.6) is 5.75 Å². The lowest BCUT2D eigenvalue weighted by atomic mass is 10.0. The topological polar surface area (TPSA) is 38.3 Å². The van der Waals surface area contributed by atoms with Crippen molar-refractivity contribution in [1.82, 2.24) is 5.32 Å². The van der Waals surface area contributed by atoms with Crippen molar-refractivity contribution in [3.63, 3.8) is 0 Å². The maximum absolute atomic E-state index is 12.2. The molecule has 0 amide bonds. The van der Waals surface area contributed by atoms with Crippen LogP contribution in [0.1, 0.15) is 42.5 Å². The van der Waals surface area contributed by atoms with E-state index >= 15 is 0 Å². The fourth-order valence-electron chi connectivity index (χ4n) is 2.41. The summed E-state index contributed by atoms with van der Waals surface area (Å²) < 4.78 is 5.15. The summed E-state index contributed by atoms with van der Waals surface area (Å²) >= 11 is 0. The monoisotopic (exact) mass is 247 g/mol. The Hall–Kier alpha value is -1.35. The maximum atomic E-state index is 12.2. The van der Waals surface area contributed by atoms with Crippen molar-refractivity contribution in [3.8, 4) is 5.75 Å². The zero-order valence-corrected chi connectivity index (χ0v) is 10.9. The normalized spacial score (nSPS) is 20.2. The molecule has 1 N–H and O–H groups in total. The highest BCUT2D eigenvalue weighted by molar-refractivity contribution is 5.96. The van der Waals surface area contributed by atoms with Gasteiger partial charge in [0, 0.05) is 18.0 Å². The third-order valence-corrected chi connectivity index (χ3v) is 3.49. The summed E-state index contributed by atoms with van der Waals surface area (Å²) in [5.41, 5.74) is 0.750. The lowest BCUT2D eigenvalue weighted by molar-refractivity contribution is 0.0968. The molecule has 2 rings (SSSR count). The van der Waals surface area contributed by atoms with E-state index in [4.69, 9.17) is 4.74 Å². The van der Waals surface area contributed by atoms with Gasteiger partial charge < -0.3 is 10.1 Å². The van der Waals surface area contributed by atoms with Gasteiger partial charge in [0.25, 0.3) is 0 Å². The van der Waals surface area contributed by atoms with Crippen molar-refractivity contribution in [2.24, 2.45) is 0 Å². The highest BCUT2D eigenvalue weighted by Crippen LogP contribution is 2.17. The SMILES string of the molecule is COc1cccc(C(=O)CC2CCCCCN2)c1. The van der Waals surface area contributed by atoms with E-state index in [0.29, 0.717) is 12.5 Å². The Morgan fingerprint density at radius 1 is 1.39 bits per heavy atom. The molecule has 0 aromatic heterocycles. The van der Waals surface area contributed by atoms with Gasteiger partial charge in [-0.3, -0.25) is 4.79 Å². The van der Waals surface area contributed by atoms with Gasteiger partial charge in [0.2, 0.25) is 0 Å². The standard InChI is InChI=1S/C15H21NO2/c1-18-14-8-5-6-12(10-14)15(17)11-13-7-3-2-4-9-16-13/h5-6,8,10,13,16H,2-4,7,9,11H2,1H3. The molecule has 1 atom stereocenters. The molecule has 98 valence electrons. The van der Waals surface area contributed by atoms with Gasteiger partial charge in [-0.2, -0.15) is 0 Å². The van der Waals surface area contributed by atoms with Crippen LogP contribution in [0.4, 0.5) is 0 Å². The Bertz CT molecular complexity index is 395. The van der Waals surface area contributed by atoms with E-state index in [1.807, 2.05) is 24.3 Å². The molecule has 1 saturated heterocycles. The minimum atomic E-state index is 0.202. The molecule has 3 heteroatoms. The second kappa shape index (κ2) is 6.55. The maximum Gasteiger partial charge on any atom is 0.164 e. The highest BCUT2D eigenvalue weighted by atomic mass is 16.5. The van der Waals surface area contributed by atoms with Crippen molar-refractivity contribution >= 4 is 5.78 Å². The van der Waals surface area contributed by atoms with E-state index in [-0.39, 0.29) is 5.78 Å². The van der Waals surface area contributed by atoms with Gasteiger partial charge in [0.05, 0.1) is 7.11 Å². The van der Waals surface area contributed by atoms with Crippen molar-refractivity contribution in [3.05, 3.63) is 29.8 Å². The van der Waals surface area contributed by atoms with Crippen molar-refractivity contribution in [1.29, 1.82) is 0 Å². The van der Waals surface area contributed by atoms with Gasteiger partial charge in [-0.1, -0.05) is 25.0 Å². The van der Waals surface area contributed by atoms with Gasteiger partial charge in [-0.05, 0) is 31.5 Å². The van der Waals surface area contributed by atoms with E-state index in [1.54, 1.807) is 7.11 Å². The van der Waals surface area contributed by atoms with Gasteiger partial charge in [-0.25, -0.2) is 0 Å². The first kappa shape index (κ1) is 13.1. The van der Waals surface area contributed by atoms with E-state index in [9.17, 15) is 4.79 Å². The lowest BCUT2D eigenvalue weighted by Crippen LogP contribution is -2.30. The van der Waals surface area contributed by atoms with E-state index in [1.165, 1.54) is 19.3 Å². The zero-order valence-electron chi connectivity index (χ0n) is 10.9. The molecular formula is C15H21NO2. The summed E-state index contributed by atoms with van der Waals surface area (Å²) in [6.07, 6.45) is 5.42. The number of methoxy groups -OCH3 is 1. The molecular weight excluding hydrogens is 226 g/mol. The molecule has 1 aliphatic heterocycles. The van der Waals surface area contributed by atoms with E-state index in [2.05, 4.69) is 5.32 Å². The Balaban J connectivity index is 1.97. The fraction of sp³-hybridized carbons (Fsp3) is 0.533. The summed E-state index contributed by atoms with van der Waals surface area (Å²) in [6.45, 7) is 1.04. The summed E-state index contributed by atoms with van der Waals surface area (Å²) in [4.78, 5) is 12.2. The van der Waals surface area contributed by atoms with Crippen LogP contribution in [0.25, 0.3) is 0 Å². The molecule has 1 heterocycles. The molecule has 0 bridgehead atoms. The molecule has 0 spiro atoms. The van der Waals surface area contributed by atoms with Crippen LogP contribution in [-0.4, -0.2) is 25.5 Å². The molecule has 0 aliphatic carbocycles. The minimum absolute atomic E-state index is 0.202. The number of ether oxygens (including phenoxy) is 1. The van der Waals surface area contributed by atoms with Crippen molar-refractivity contribution in [2.75, 3.05) is 13.7 Å². The average molecular weight is 247 g/mol. The number of nitrogens with one attached hydrogen (secondary N) is 1. The van der Waals surface area contributed by atoms with Crippen molar-refractivity contribution < 1.29 is 9.53 Å². The van der Waals surface area contributed by atoms with Crippen LogP contribution in [-0.2, 0) is 0 Å². The quantitative estimate of drug-likeness (QED) is 0.831. The lowest BCUT2D eigenvalue weighted by Gasteiger charge is -2.14. The first-order chi connectivity index (χ1) is 8.79. The first-order valence-electron chi connectivity index (χ1n) is 6.70. The molecule has 3 nitrogen and oxygen atoms in total. The van der Waals surface area contributed by atoms with E-state index < -0.39 is 0 Å². The van der Waals surface area contributed by atoms with Crippen LogP contribution in [0, 0.1) is 0 Å². The second-order valence-corrected chi connectivity index (χ2v) is 4.86. The predicted molar refractivity (Wildman–Crippen MR) is 72.2 cm³/mol. The molecule has 1 unspecified atom stereocenters. The Labute approximate surface area is 109 Å². The van der Waals surface area contributed by atoms with Crippen LogP contribution in [0.3, 0.4) is 0 Å². The van der Waals surface area contributed by atoms with Crippen LogP contribution >= 0.6 is 0 Å². The summed E-state index contributed by atoms with van der Waals surface area (Å²) in [5.74, 6) is 0.947. The number of Topliss-reactive ketones (excluding diaryl/α,β-unsaturated/α-hetero) is 1. The largest absolute Gasteiger partial charge is 0.497 e. The Kier molecular flexibility index (Phi) is 4.76. The van der Waals surface area contributed by atoms with Crippen LogP contribution in [0.2, 0.25) is 0 Å². The fourth-order valence-corrected chi connectivity index (χ4v) is 2.41. The van der Waals surface area contributed by atoms with Crippen LogP contribution in [0.15, 0.2) is 24.3 Å². The van der Waals surface area contributed by atoms with Gasteiger partial charge in [-0.15, -0.1) is 0 Å². The molecule has 1 aromatic rings. The second-order valence-electron chi connectivity index (χ2n) is 4.86. The molecule has 1 fully saturated rings. The molecule has 1 aliphatic rings. The van der Waals surface area contributed by atoms with Crippen molar-refractivity contribution in [2.45, 2.75) is 38.1 Å². The number of carbonyl (C=O) groups is 1. The summed E-state index contributed by atoms with van der Waals surface area (Å²) in [7, 11) is 1.62. The Morgan fingerprint density at radius 3 is 3.11 bits per heavy atom. The first-order valence-corrected chi connectivity index (χ1v) is 6.70. The number of hydrogen-bond donors (Lipinski definition) is 1. The van der Waals surface area contributed by atoms with Gasteiger partial charge in [0.15, 0.2) is 5.78 Å². The smallest absolute Gasteiger partial charge is 0.164 e. The number of ketones is 1. The zero-order chi connectivity index (χ0) is 12.8. The number of rotatable bonds is 4. The van der Waals surface area contributed by atoms with Crippen LogP contribution < -0.4 is 10.1 Å². The third kappa shape index (κ3) is 3.57. The Morgan fingerprint density at radius 2 is 2.28 bits per heavy atom. The highest BCUT2D eigenvalue weighted by Gasteiger charge is 2.16. The summed E-state index contributed by atoms with van der Waals surface area (Å²) in [5, 5.41) is 3.46. The third-order valence-electron chi connectivity index (χ3n) is 3.49. The molecule has 1 aromatic carbocycles. The number of benzene rings is 1. The molecule has 0 saturated carbocycles. The number of hydrogen-bond acceptors (Lipinski definition) is 3. The van der Waals surface area contributed by atoms with Gasteiger partial charge >= 0.3 is 0 Å². The predicted octanol–water partition coefficient (Wildman–Crippen LogP) is 2.80. The van der Waals surface area contributed by atoms with E-state index in [0.717, 1.165) is 24.3 Å². The van der Waals surface area contributed by atoms with Gasteiger partial charge in [0.1, 0.15) is 5.75 Å². The average Bonchev–Trinajstić information content (AvgIpc) is 2.67. The minimum Gasteiger partial charge on any atom is -0.497 e. The molecule has 18 heavy (non-hydrogen) atoms. The summed E-state index contributed by atoms with van der Waals surface area (Å²) in [6, 6.07) is 7.75.